The van der Waals surface area contributed by atoms with Gasteiger partial charge in [0, 0.05) is 7.05 Å². The zero-order valence-electron chi connectivity index (χ0n) is 10.2. The van der Waals surface area contributed by atoms with Crippen LogP contribution in [0.4, 0.5) is 0 Å². The number of hydrogen-bond acceptors (Lipinski definition) is 3. The normalized spacial score (nSPS) is 10.5. The van der Waals surface area contributed by atoms with Crippen LogP contribution in [0, 0.1) is 13.8 Å². The van der Waals surface area contributed by atoms with Crippen molar-refractivity contribution in [3.05, 3.63) is 45.5 Å². The van der Waals surface area contributed by atoms with Crippen LogP contribution in [0.25, 0.3) is 0 Å². The molecule has 0 spiro atoms. The number of carbonyl (C=O) groups is 1. The average molecular weight is 249 g/mol. The SMILES string of the molecule is Cc1ccc(CN(C)C(=O)c2sccc2C)o1. The van der Waals surface area contributed by atoms with Crippen molar-refractivity contribution in [2.45, 2.75) is 20.4 Å². The van der Waals surface area contributed by atoms with Crippen LogP contribution in [0.2, 0.25) is 0 Å². The van der Waals surface area contributed by atoms with Gasteiger partial charge in [-0.3, -0.25) is 4.79 Å². The number of hydrogen-bond donors (Lipinski definition) is 0. The lowest BCUT2D eigenvalue weighted by atomic mass is 10.2. The lowest BCUT2D eigenvalue weighted by Gasteiger charge is -2.15. The molecule has 2 rings (SSSR count). The highest BCUT2D eigenvalue weighted by atomic mass is 32.1. The summed E-state index contributed by atoms with van der Waals surface area (Å²) in [7, 11) is 1.79. The predicted octanol–water partition coefficient (Wildman–Crippen LogP) is 3.23. The molecule has 0 aromatic carbocycles. The molecular weight excluding hydrogens is 234 g/mol. The quantitative estimate of drug-likeness (QED) is 0.836. The van der Waals surface area contributed by atoms with Gasteiger partial charge < -0.3 is 9.32 Å². The highest BCUT2D eigenvalue weighted by Gasteiger charge is 2.16. The molecule has 0 radical (unpaired) electrons. The predicted molar refractivity (Wildman–Crippen MR) is 68.3 cm³/mol. The minimum Gasteiger partial charge on any atom is -0.464 e. The molecule has 0 saturated carbocycles. The number of aryl methyl sites for hydroxylation is 2. The maximum atomic E-state index is 12.1. The van der Waals surface area contributed by atoms with E-state index in [0.717, 1.165) is 22.0 Å². The molecule has 2 aromatic heterocycles. The average Bonchev–Trinajstić information content (AvgIpc) is 2.86. The standard InChI is InChI=1S/C13H15NO2S/c1-9-6-7-17-12(9)13(15)14(3)8-11-5-4-10(2)16-11/h4-7H,8H2,1-3H3. The van der Waals surface area contributed by atoms with E-state index in [1.807, 2.05) is 37.4 Å². The van der Waals surface area contributed by atoms with E-state index in [9.17, 15) is 4.79 Å². The van der Waals surface area contributed by atoms with Gasteiger partial charge in [0.2, 0.25) is 0 Å². The monoisotopic (exact) mass is 249 g/mol. The Kier molecular flexibility index (Phi) is 3.33. The van der Waals surface area contributed by atoms with Gasteiger partial charge in [-0.25, -0.2) is 0 Å². The van der Waals surface area contributed by atoms with Crippen molar-refractivity contribution in [2.75, 3.05) is 7.05 Å². The van der Waals surface area contributed by atoms with Crippen LogP contribution >= 0.6 is 11.3 Å². The first kappa shape index (κ1) is 11.9. The molecule has 2 heterocycles. The number of thiophene rings is 1. The maximum Gasteiger partial charge on any atom is 0.264 e. The fourth-order valence-electron chi connectivity index (χ4n) is 1.64. The largest absolute Gasteiger partial charge is 0.464 e. The minimum absolute atomic E-state index is 0.0477. The molecule has 90 valence electrons. The zero-order chi connectivity index (χ0) is 12.4. The maximum absolute atomic E-state index is 12.1. The smallest absolute Gasteiger partial charge is 0.264 e. The number of furan rings is 1. The minimum atomic E-state index is 0.0477. The molecule has 0 N–H and O–H groups in total. The summed E-state index contributed by atoms with van der Waals surface area (Å²) in [4.78, 5) is 14.6. The second-order valence-electron chi connectivity index (χ2n) is 4.11. The Morgan fingerprint density at radius 2 is 2.12 bits per heavy atom. The van der Waals surface area contributed by atoms with Crippen molar-refractivity contribution in [2.24, 2.45) is 0 Å². The Morgan fingerprint density at radius 3 is 2.65 bits per heavy atom. The fraction of sp³-hybridized carbons (Fsp3) is 0.308. The van der Waals surface area contributed by atoms with Gasteiger partial charge in [-0.15, -0.1) is 11.3 Å². The van der Waals surface area contributed by atoms with Crippen LogP contribution in [-0.4, -0.2) is 17.9 Å². The van der Waals surface area contributed by atoms with E-state index in [4.69, 9.17) is 4.42 Å². The van der Waals surface area contributed by atoms with E-state index >= 15 is 0 Å². The first-order valence-electron chi connectivity index (χ1n) is 5.43. The van der Waals surface area contributed by atoms with Crippen molar-refractivity contribution < 1.29 is 9.21 Å². The van der Waals surface area contributed by atoms with Gasteiger partial charge in [0.25, 0.3) is 5.91 Å². The third-order valence-electron chi connectivity index (χ3n) is 2.59. The summed E-state index contributed by atoms with van der Waals surface area (Å²) in [5.41, 5.74) is 1.03. The molecule has 0 bridgehead atoms. The Hall–Kier alpha value is -1.55. The molecule has 17 heavy (non-hydrogen) atoms. The lowest BCUT2D eigenvalue weighted by Crippen LogP contribution is -2.25. The van der Waals surface area contributed by atoms with Gasteiger partial charge in [-0.2, -0.15) is 0 Å². The summed E-state index contributed by atoms with van der Waals surface area (Å²) in [6, 6.07) is 5.77. The number of carbonyl (C=O) groups excluding carboxylic acids is 1. The van der Waals surface area contributed by atoms with E-state index < -0.39 is 0 Å². The van der Waals surface area contributed by atoms with Gasteiger partial charge >= 0.3 is 0 Å². The van der Waals surface area contributed by atoms with Crippen LogP contribution in [0.1, 0.15) is 26.8 Å². The molecule has 0 fully saturated rings. The molecule has 0 atom stereocenters. The third-order valence-corrected chi connectivity index (χ3v) is 3.60. The van der Waals surface area contributed by atoms with Crippen molar-refractivity contribution in [3.63, 3.8) is 0 Å². The first-order valence-corrected chi connectivity index (χ1v) is 6.31. The van der Waals surface area contributed by atoms with E-state index in [1.54, 1.807) is 11.9 Å². The molecule has 0 aliphatic rings. The lowest BCUT2D eigenvalue weighted by molar-refractivity contribution is 0.0779. The second-order valence-corrected chi connectivity index (χ2v) is 5.02. The fourth-order valence-corrected chi connectivity index (χ4v) is 2.56. The van der Waals surface area contributed by atoms with Crippen LogP contribution in [-0.2, 0) is 6.54 Å². The van der Waals surface area contributed by atoms with E-state index in [-0.39, 0.29) is 5.91 Å². The van der Waals surface area contributed by atoms with Crippen LogP contribution in [0.3, 0.4) is 0 Å². The summed E-state index contributed by atoms with van der Waals surface area (Å²) < 4.78 is 5.46. The molecule has 4 heteroatoms. The number of nitrogens with zero attached hydrogens (tertiary/aromatic N) is 1. The summed E-state index contributed by atoms with van der Waals surface area (Å²) in [5.74, 6) is 1.73. The molecular formula is C13H15NO2S. The Bertz CT molecular complexity index is 527. The van der Waals surface area contributed by atoms with Gasteiger partial charge in [0.05, 0.1) is 11.4 Å². The zero-order valence-corrected chi connectivity index (χ0v) is 11.0. The van der Waals surface area contributed by atoms with Gasteiger partial charge in [-0.05, 0) is 43.0 Å². The molecule has 3 nitrogen and oxygen atoms in total. The molecule has 1 amide bonds. The van der Waals surface area contributed by atoms with Gasteiger partial charge in [-0.1, -0.05) is 0 Å². The van der Waals surface area contributed by atoms with Crippen molar-refractivity contribution in [1.29, 1.82) is 0 Å². The molecule has 0 aliphatic carbocycles. The van der Waals surface area contributed by atoms with Crippen molar-refractivity contribution in [3.8, 4) is 0 Å². The van der Waals surface area contributed by atoms with Gasteiger partial charge in [0.15, 0.2) is 0 Å². The topological polar surface area (TPSA) is 33.5 Å². The Balaban J connectivity index is 2.08. The highest BCUT2D eigenvalue weighted by Crippen LogP contribution is 2.18. The summed E-state index contributed by atoms with van der Waals surface area (Å²) in [5, 5.41) is 1.94. The Morgan fingerprint density at radius 1 is 1.35 bits per heavy atom. The number of amides is 1. The van der Waals surface area contributed by atoms with Crippen molar-refractivity contribution in [1.82, 2.24) is 4.90 Å². The summed E-state index contributed by atoms with van der Waals surface area (Å²) in [6.45, 7) is 4.35. The van der Waals surface area contributed by atoms with E-state index in [2.05, 4.69) is 0 Å². The summed E-state index contributed by atoms with van der Waals surface area (Å²) in [6.07, 6.45) is 0. The van der Waals surface area contributed by atoms with Gasteiger partial charge in [0.1, 0.15) is 11.5 Å². The molecule has 0 unspecified atom stereocenters. The summed E-state index contributed by atoms with van der Waals surface area (Å²) >= 11 is 1.48. The Labute approximate surface area is 105 Å². The van der Waals surface area contributed by atoms with Crippen molar-refractivity contribution >= 4 is 17.2 Å². The highest BCUT2D eigenvalue weighted by molar-refractivity contribution is 7.12. The molecule has 0 saturated heterocycles. The van der Waals surface area contributed by atoms with Crippen LogP contribution in [0.15, 0.2) is 28.0 Å². The van der Waals surface area contributed by atoms with E-state index in [0.29, 0.717) is 6.54 Å². The number of rotatable bonds is 3. The molecule has 2 aromatic rings. The first-order chi connectivity index (χ1) is 8.08. The van der Waals surface area contributed by atoms with E-state index in [1.165, 1.54) is 11.3 Å². The van der Waals surface area contributed by atoms with Crippen LogP contribution in [0.5, 0.6) is 0 Å². The van der Waals surface area contributed by atoms with Crippen LogP contribution < -0.4 is 0 Å². The third kappa shape index (κ3) is 2.58. The molecule has 0 aliphatic heterocycles. The second kappa shape index (κ2) is 4.75.